The van der Waals surface area contributed by atoms with Gasteiger partial charge in [0.25, 0.3) is 5.91 Å². The van der Waals surface area contributed by atoms with Gasteiger partial charge in [0.05, 0.1) is 0 Å². The number of carbonyl (C=O) groups is 3. The highest BCUT2D eigenvalue weighted by atomic mass is 19.1. The van der Waals surface area contributed by atoms with E-state index < -0.39 is 23.7 Å². The second-order valence-electron chi connectivity index (χ2n) is 5.10. The van der Waals surface area contributed by atoms with Gasteiger partial charge in [0.1, 0.15) is 11.9 Å². The summed E-state index contributed by atoms with van der Waals surface area (Å²) >= 11 is 0. The minimum Gasteiger partial charge on any atom is -0.480 e. The van der Waals surface area contributed by atoms with Crippen LogP contribution in [0.4, 0.5) is 4.39 Å². The van der Waals surface area contributed by atoms with E-state index in [9.17, 15) is 18.8 Å². The molecule has 0 aromatic heterocycles. The van der Waals surface area contributed by atoms with E-state index >= 15 is 0 Å². The summed E-state index contributed by atoms with van der Waals surface area (Å²) in [7, 11) is 0. The van der Waals surface area contributed by atoms with Crippen LogP contribution in [-0.4, -0.2) is 46.9 Å². The molecule has 0 saturated carbocycles. The summed E-state index contributed by atoms with van der Waals surface area (Å²) < 4.78 is 12.8. The zero-order valence-corrected chi connectivity index (χ0v) is 11.9. The third kappa shape index (κ3) is 3.81. The van der Waals surface area contributed by atoms with E-state index in [1.54, 1.807) is 0 Å². The maximum Gasteiger partial charge on any atom is 0.326 e. The Labute approximate surface area is 126 Å². The molecule has 2 amide bonds. The smallest absolute Gasteiger partial charge is 0.326 e. The van der Waals surface area contributed by atoms with Crippen LogP contribution in [0.25, 0.3) is 0 Å². The standard InChI is InChI=1S/C15H17FN2O4/c16-11-5-3-10(4-6-11)14(20)17-8-7-13(19)18-9-1-2-12(18)15(21)22/h3-6,12H,1-2,7-9H2,(H,17,20)(H,21,22). The molecule has 0 bridgehead atoms. The maximum absolute atomic E-state index is 12.8. The first-order valence-corrected chi connectivity index (χ1v) is 7.05. The second kappa shape index (κ2) is 7.02. The molecule has 2 N–H and O–H groups in total. The molecule has 1 aromatic carbocycles. The highest BCUT2D eigenvalue weighted by Gasteiger charge is 2.33. The third-order valence-corrected chi connectivity index (χ3v) is 3.59. The number of hydrogen-bond donors (Lipinski definition) is 2. The Hall–Kier alpha value is -2.44. The van der Waals surface area contributed by atoms with Crippen LogP contribution in [-0.2, 0) is 9.59 Å². The van der Waals surface area contributed by atoms with E-state index in [-0.39, 0.29) is 18.9 Å². The lowest BCUT2D eigenvalue weighted by atomic mass is 10.2. The average molecular weight is 308 g/mol. The van der Waals surface area contributed by atoms with Gasteiger partial charge in [0.2, 0.25) is 5.91 Å². The molecule has 0 radical (unpaired) electrons. The van der Waals surface area contributed by atoms with Crippen molar-refractivity contribution in [1.29, 1.82) is 0 Å². The van der Waals surface area contributed by atoms with E-state index in [0.717, 1.165) is 0 Å². The van der Waals surface area contributed by atoms with Gasteiger partial charge in [0.15, 0.2) is 0 Å². The van der Waals surface area contributed by atoms with E-state index in [4.69, 9.17) is 5.11 Å². The number of hydrogen-bond acceptors (Lipinski definition) is 3. The van der Waals surface area contributed by atoms with Crippen LogP contribution in [0.3, 0.4) is 0 Å². The van der Waals surface area contributed by atoms with Crippen molar-refractivity contribution >= 4 is 17.8 Å². The molecule has 1 heterocycles. The van der Waals surface area contributed by atoms with E-state index in [2.05, 4.69) is 5.32 Å². The minimum absolute atomic E-state index is 0.0384. The molecule has 1 aliphatic heterocycles. The quantitative estimate of drug-likeness (QED) is 0.850. The predicted molar refractivity (Wildman–Crippen MR) is 75.7 cm³/mol. The van der Waals surface area contributed by atoms with Crippen molar-refractivity contribution < 1.29 is 23.9 Å². The summed E-state index contributed by atoms with van der Waals surface area (Å²) in [5, 5.41) is 11.6. The number of likely N-dealkylation sites (tertiary alicyclic amines) is 1. The van der Waals surface area contributed by atoms with Crippen LogP contribution in [0, 0.1) is 5.82 Å². The Morgan fingerprint density at radius 3 is 2.59 bits per heavy atom. The number of nitrogens with zero attached hydrogens (tertiary/aromatic N) is 1. The molecule has 22 heavy (non-hydrogen) atoms. The van der Waals surface area contributed by atoms with Crippen molar-refractivity contribution in [3.8, 4) is 0 Å². The maximum atomic E-state index is 12.8. The topological polar surface area (TPSA) is 86.7 Å². The number of carboxylic acid groups (broad SMARTS) is 1. The van der Waals surface area contributed by atoms with Gasteiger partial charge in [-0.3, -0.25) is 9.59 Å². The van der Waals surface area contributed by atoms with Gasteiger partial charge in [0, 0.05) is 25.1 Å². The summed E-state index contributed by atoms with van der Waals surface area (Å²) in [6.45, 7) is 0.541. The largest absolute Gasteiger partial charge is 0.480 e. The SMILES string of the molecule is O=C(NCCC(=O)N1CCCC1C(=O)O)c1ccc(F)cc1. The molecule has 0 spiro atoms. The van der Waals surface area contributed by atoms with Gasteiger partial charge >= 0.3 is 5.97 Å². The number of halogens is 1. The molecule has 1 fully saturated rings. The van der Waals surface area contributed by atoms with Crippen LogP contribution in [0.5, 0.6) is 0 Å². The lowest BCUT2D eigenvalue weighted by Gasteiger charge is -2.21. The first-order chi connectivity index (χ1) is 10.5. The highest BCUT2D eigenvalue weighted by molar-refractivity contribution is 5.94. The summed E-state index contributed by atoms with van der Waals surface area (Å²) in [6.07, 6.45) is 1.17. The molecule has 1 unspecified atom stereocenters. The Morgan fingerprint density at radius 2 is 1.95 bits per heavy atom. The predicted octanol–water partition coefficient (Wildman–Crippen LogP) is 1.02. The second-order valence-corrected chi connectivity index (χ2v) is 5.10. The Kier molecular flexibility index (Phi) is 5.08. The number of benzene rings is 1. The van der Waals surface area contributed by atoms with Crippen molar-refractivity contribution in [3.63, 3.8) is 0 Å². The zero-order valence-electron chi connectivity index (χ0n) is 11.9. The van der Waals surface area contributed by atoms with Crippen LogP contribution in [0.2, 0.25) is 0 Å². The van der Waals surface area contributed by atoms with Crippen molar-refractivity contribution in [2.45, 2.75) is 25.3 Å². The van der Waals surface area contributed by atoms with Gasteiger partial charge in [-0.05, 0) is 37.1 Å². The molecule has 1 aliphatic rings. The normalized spacial score (nSPS) is 17.3. The molecule has 1 aromatic rings. The van der Waals surface area contributed by atoms with Gasteiger partial charge in [-0.15, -0.1) is 0 Å². The molecule has 7 heteroatoms. The summed E-state index contributed by atoms with van der Waals surface area (Å²) in [5.41, 5.74) is 0.304. The molecule has 118 valence electrons. The Morgan fingerprint density at radius 1 is 1.27 bits per heavy atom. The zero-order chi connectivity index (χ0) is 16.1. The number of rotatable bonds is 5. The summed E-state index contributed by atoms with van der Waals surface area (Å²) in [6, 6.07) is 4.31. The fourth-order valence-electron chi connectivity index (χ4n) is 2.45. The van der Waals surface area contributed by atoms with Crippen molar-refractivity contribution in [3.05, 3.63) is 35.6 Å². The Bertz CT molecular complexity index is 573. The van der Waals surface area contributed by atoms with E-state index in [1.807, 2.05) is 0 Å². The molecule has 1 atom stereocenters. The number of aliphatic carboxylic acids is 1. The van der Waals surface area contributed by atoms with Crippen molar-refractivity contribution in [2.75, 3.05) is 13.1 Å². The van der Waals surface area contributed by atoms with Crippen LogP contribution in [0.1, 0.15) is 29.6 Å². The number of nitrogens with one attached hydrogen (secondary N) is 1. The summed E-state index contributed by atoms with van der Waals surface area (Å²) in [5.74, 6) is -2.12. The average Bonchev–Trinajstić information content (AvgIpc) is 2.97. The third-order valence-electron chi connectivity index (χ3n) is 3.59. The molecule has 0 aliphatic carbocycles. The number of carbonyl (C=O) groups excluding carboxylic acids is 2. The van der Waals surface area contributed by atoms with Gasteiger partial charge in [-0.25, -0.2) is 9.18 Å². The van der Waals surface area contributed by atoms with Gasteiger partial charge < -0.3 is 15.3 Å². The molecule has 6 nitrogen and oxygen atoms in total. The van der Waals surface area contributed by atoms with E-state index in [1.165, 1.54) is 29.2 Å². The first kappa shape index (κ1) is 15.9. The van der Waals surface area contributed by atoms with Crippen molar-refractivity contribution in [1.82, 2.24) is 10.2 Å². The lowest BCUT2D eigenvalue weighted by molar-refractivity contribution is -0.148. The molecular weight excluding hydrogens is 291 g/mol. The van der Waals surface area contributed by atoms with Gasteiger partial charge in [-0.1, -0.05) is 0 Å². The fourth-order valence-corrected chi connectivity index (χ4v) is 2.45. The van der Waals surface area contributed by atoms with Gasteiger partial charge in [-0.2, -0.15) is 0 Å². The monoisotopic (exact) mass is 308 g/mol. The van der Waals surface area contributed by atoms with Crippen molar-refractivity contribution in [2.24, 2.45) is 0 Å². The molecule has 1 saturated heterocycles. The molecule has 2 rings (SSSR count). The Balaban J connectivity index is 1.80. The fraction of sp³-hybridized carbons (Fsp3) is 0.400. The number of carboxylic acids is 1. The van der Waals surface area contributed by atoms with Crippen LogP contribution < -0.4 is 5.32 Å². The number of amides is 2. The first-order valence-electron chi connectivity index (χ1n) is 7.05. The highest BCUT2D eigenvalue weighted by Crippen LogP contribution is 2.18. The minimum atomic E-state index is -0.999. The molecular formula is C15H17FN2O4. The van der Waals surface area contributed by atoms with Crippen LogP contribution >= 0.6 is 0 Å². The lowest BCUT2D eigenvalue weighted by Crippen LogP contribution is -2.41. The van der Waals surface area contributed by atoms with E-state index in [0.29, 0.717) is 24.9 Å². The summed E-state index contributed by atoms with van der Waals surface area (Å²) in [4.78, 5) is 36.1. The van der Waals surface area contributed by atoms with Crippen LogP contribution in [0.15, 0.2) is 24.3 Å².